The molecule has 0 unspecified atom stereocenters. The molecule has 6 nitrogen and oxygen atoms in total. The lowest BCUT2D eigenvalue weighted by Gasteiger charge is -2.10. The fourth-order valence-corrected chi connectivity index (χ4v) is 2.60. The molecule has 6 heteroatoms. The smallest absolute Gasteiger partial charge is 0.273 e. The van der Waals surface area contributed by atoms with E-state index < -0.39 is 4.92 Å². The molecule has 0 saturated heterocycles. The molecular formula is C20H24N2O4. The van der Waals surface area contributed by atoms with Crippen molar-refractivity contribution in [2.45, 2.75) is 39.2 Å². The number of carbonyl (C=O) groups is 1. The molecule has 0 spiro atoms. The molecular weight excluding hydrogens is 332 g/mol. The van der Waals surface area contributed by atoms with Crippen LogP contribution in [0.1, 0.15) is 31.4 Å². The van der Waals surface area contributed by atoms with Crippen molar-refractivity contribution >= 4 is 11.6 Å². The number of rotatable bonds is 9. The van der Waals surface area contributed by atoms with Gasteiger partial charge >= 0.3 is 0 Å². The van der Waals surface area contributed by atoms with Gasteiger partial charge in [0.25, 0.3) is 5.69 Å². The number of benzene rings is 2. The molecule has 1 N–H and O–H groups in total. The first-order valence-corrected chi connectivity index (χ1v) is 8.70. The molecule has 2 aromatic carbocycles. The zero-order valence-corrected chi connectivity index (χ0v) is 15.1. The van der Waals surface area contributed by atoms with Crippen molar-refractivity contribution in [3.63, 3.8) is 0 Å². The van der Waals surface area contributed by atoms with Crippen LogP contribution in [0.4, 0.5) is 5.69 Å². The molecule has 26 heavy (non-hydrogen) atoms. The van der Waals surface area contributed by atoms with Gasteiger partial charge < -0.3 is 10.1 Å². The lowest BCUT2D eigenvalue weighted by atomic mass is 10.1. The summed E-state index contributed by atoms with van der Waals surface area (Å²) in [6.07, 6.45) is 1.80. The number of carbonyl (C=O) groups excluding carboxylic acids is 1. The van der Waals surface area contributed by atoms with Gasteiger partial charge in [-0.15, -0.1) is 0 Å². The van der Waals surface area contributed by atoms with Gasteiger partial charge in [0.05, 0.1) is 17.4 Å². The molecule has 0 atom stereocenters. The van der Waals surface area contributed by atoms with Crippen LogP contribution in [-0.4, -0.2) is 23.5 Å². The Balaban J connectivity index is 1.74. The standard InChI is InChI=1S/C20H24N2O4/c1-15(2)26-18-11-9-16(10-12-18)6-5-13-21-20(23)14-17-7-3-4-8-19(17)22(24)25/h3-4,7-12,15H,5-6,13-14H2,1-2H3,(H,21,23). The fraction of sp³-hybridized carbons (Fsp3) is 0.350. The summed E-state index contributed by atoms with van der Waals surface area (Å²) < 4.78 is 5.60. The van der Waals surface area contributed by atoms with Gasteiger partial charge in [-0.2, -0.15) is 0 Å². The highest BCUT2D eigenvalue weighted by Crippen LogP contribution is 2.18. The lowest BCUT2D eigenvalue weighted by Crippen LogP contribution is -2.26. The quantitative estimate of drug-likeness (QED) is 0.422. The number of nitro groups is 1. The van der Waals surface area contributed by atoms with Crippen molar-refractivity contribution in [3.05, 3.63) is 69.8 Å². The second-order valence-corrected chi connectivity index (χ2v) is 6.33. The number of nitrogens with zero attached hydrogens (tertiary/aromatic N) is 1. The summed E-state index contributed by atoms with van der Waals surface area (Å²) in [6.45, 7) is 4.50. The maximum Gasteiger partial charge on any atom is 0.273 e. The summed E-state index contributed by atoms with van der Waals surface area (Å²) in [7, 11) is 0. The molecule has 0 saturated carbocycles. The van der Waals surface area contributed by atoms with E-state index in [-0.39, 0.29) is 24.1 Å². The van der Waals surface area contributed by atoms with Crippen LogP contribution in [0.3, 0.4) is 0 Å². The second-order valence-electron chi connectivity index (χ2n) is 6.33. The van der Waals surface area contributed by atoms with E-state index in [9.17, 15) is 14.9 Å². The summed E-state index contributed by atoms with van der Waals surface area (Å²) >= 11 is 0. The van der Waals surface area contributed by atoms with E-state index in [0.29, 0.717) is 12.1 Å². The van der Waals surface area contributed by atoms with Crippen molar-refractivity contribution in [2.24, 2.45) is 0 Å². The minimum atomic E-state index is -0.463. The van der Waals surface area contributed by atoms with Crippen molar-refractivity contribution < 1.29 is 14.5 Å². The van der Waals surface area contributed by atoms with Crippen molar-refractivity contribution in [1.29, 1.82) is 0 Å². The molecule has 0 bridgehead atoms. The summed E-state index contributed by atoms with van der Waals surface area (Å²) in [6, 6.07) is 14.2. The Hall–Kier alpha value is -2.89. The maximum atomic E-state index is 12.0. The second kappa shape index (κ2) is 9.56. The minimum Gasteiger partial charge on any atom is -0.491 e. The van der Waals surface area contributed by atoms with Gasteiger partial charge in [0.2, 0.25) is 5.91 Å². The number of ether oxygens (including phenoxy) is 1. The first-order valence-electron chi connectivity index (χ1n) is 8.70. The fourth-order valence-electron chi connectivity index (χ4n) is 2.60. The topological polar surface area (TPSA) is 81.5 Å². The van der Waals surface area contributed by atoms with Gasteiger partial charge in [0.15, 0.2) is 0 Å². The van der Waals surface area contributed by atoms with E-state index in [4.69, 9.17) is 4.74 Å². The Morgan fingerprint density at radius 3 is 2.50 bits per heavy atom. The monoisotopic (exact) mass is 356 g/mol. The molecule has 2 rings (SSSR count). The van der Waals surface area contributed by atoms with Crippen LogP contribution in [0.5, 0.6) is 5.75 Å². The lowest BCUT2D eigenvalue weighted by molar-refractivity contribution is -0.385. The Bertz CT molecular complexity index is 742. The Morgan fingerprint density at radius 2 is 1.85 bits per heavy atom. The third-order valence-electron chi connectivity index (χ3n) is 3.80. The van der Waals surface area contributed by atoms with Gasteiger partial charge in [0, 0.05) is 18.2 Å². The first kappa shape index (κ1) is 19.4. The summed E-state index contributed by atoms with van der Waals surface area (Å²) in [5, 5.41) is 13.8. The van der Waals surface area contributed by atoms with E-state index in [1.807, 2.05) is 38.1 Å². The number of hydrogen-bond donors (Lipinski definition) is 1. The van der Waals surface area contributed by atoms with E-state index >= 15 is 0 Å². The summed E-state index contributed by atoms with van der Waals surface area (Å²) in [5.41, 5.74) is 1.58. The molecule has 1 amide bonds. The van der Waals surface area contributed by atoms with Gasteiger partial charge in [-0.3, -0.25) is 14.9 Å². The van der Waals surface area contributed by atoms with E-state index in [1.165, 1.54) is 11.6 Å². The Labute approximate surface area is 153 Å². The normalized spacial score (nSPS) is 10.6. The zero-order chi connectivity index (χ0) is 18.9. The van der Waals surface area contributed by atoms with Crippen LogP contribution < -0.4 is 10.1 Å². The molecule has 0 fully saturated rings. The van der Waals surface area contributed by atoms with Crippen LogP contribution in [0.25, 0.3) is 0 Å². The van der Waals surface area contributed by atoms with Crippen LogP contribution in [0.2, 0.25) is 0 Å². The van der Waals surface area contributed by atoms with Gasteiger partial charge in [-0.1, -0.05) is 30.3 Å². The highest BCUT2D eigenvalue weighted by atomic mass is 16.6. The zero-order valence-electron chi connectivity index (χ0n) is 15.1. The molecule has 2 aromatic rings. The number of hydrogen-bond acceptors (Lipinski definition) is 4. The van der Waals surface area contributed by atoms with Crippen molar-refractivity contribution in [3.8, 4) is 5.75 Å². The highest BCUT2D eigenvalue weighted by molar-refractivity contribution is 5.79. The van der Waals surface area contributed by atoms with Crippen LogP contribution in [-0.2, 0) is 17.6 Å². The van der Waals surface area contributed by atoms with Crippen LogP contribution in [0, 0.1) is 10.1 Å². The number of amides is 1. The molecule has 0 heterocycles. The third-order valence-corrected chi connectivity index (χ3v) is 3.80. The SMILES string of the molecule is CC(C)Oc1ccc(CCCNC(=O)Cc2ccccc2[N+](=O)[O-])cc1. The average molecular weight is 356 g/mol. The summed E-state index contributed by atoms with van der Waals surface area (Å²) in [4.78, 5) is 22.5. The van der Waals surface area contributed by atoms with Crippen molar-refractivity contribution in [2.75, 3.05) is 6.54 Å². The van der Waals surface area contributed by atoms with Gasteiger partial charge in [-0.25, -0.2) is 0 Å². The molecule has 0 aromatic heterocycles. The van der Waals surface area contributed by atoms with Gasteiger partial charge in [-0.05, 0) is 44.4 Å². The van der Waals surface area contributed by atoms with E-state index in [2.05, 4.69) is 5.32 Å². The number of aryl methyl sites for hydroxylation is 1. The molecule has 0 aliphatic carbocycles. The van der Waals surface area contributed by atoms with Crippen LogP contribution >= 0.6 is 0 Å². The largest absolute Gasteiger partial charge is 0.491 e. The summed E-state index contributed by atoms with van der Waals surface area (Å²) in [5.74, 6) is 0.640. The van der Waals surface area contributed by atoms with Crippen molar-refractivity contribution in [1.82, 2.24) is 5.32 Å². The first-order chi connectivity index (χ1) is 12.5. The van der Waals surface area contributed by atoms with E-state index in [1.54, 1.807) is 18.2 Å². The highest BCUT2D eigenvalue weighted by Gasteiger charge is 2.15. The average Bonchev–Trinajstić information content (AvgIpc) is 2.60. The number of para-hydroxylation sites is 1. The number of nitrogens with one attached hydrogen (secondary N) is 1. The molecule has 0 aliphatic rings. The maximum absolute atomic E-state index is 12.0. The van der Waals surface area contributed by atoms with Gasteiger partial charge in [0.1, 0.15) is 5.75 Å². The predicted molar refractivity (Wildman–Crippen MR) is 100 cm³/mol. The predicted octanol–water partition coefficient (Wildman–Crippen LogP) is 3.67. The van der Waals surface area contributed by atoms with Crippen LogP contribution in [0.15, 0.2) is 48.5 Å². The third kappa shape index (κ3) is 6.20. The Morgan fingerprint density at radius 1 is 1.15 bits per heavy atom. The number of nitro benzene ring substituents is 1. The van der Waals surface area contributed by atoms with E-state index in [0.717, 1.165) is 18.6 Å². The molecule has 138 valence electrons. The molecule has 0 aliphatic heterocycles. The Kier molecular flexibility index (Phi) is 7.14. The minimum absolute atomic E-state index is 0.0123. The molecule has 0 radical (unpaired) electrons.